The Morgan fingerprint density at radius 2 is 1.40 bits per heavy atom. The molecule has 312 valence electrons. The van der Waals surface area contributed by atoms with Crippen molar-refractivity contribution in [2.45, 2.75) is 225 Å². The first-order valence-electron chi connectivity index (χ1n) is 22.5. The number of rotatable bonds is 15. The second kappa shape index (κ2) is 17.6. The SMILES string of the molecule is CC[Si](CC)(CC)O[C@@H]1[C@H](C)O[C@@H](O[C@H]2[C@H](C)O[C@@H](O[C@H]3CC[C@H]4[C@@H]5CCC6=CC(=O)CC[C@]6(C)[C@H]5CC[C@]34C)C[C@H]2N=[N+]=[N-])C[C@@H]1O[Si](CC)(CC)CC. The maximum Gasteiger partial charge on any atom is 0.192 e. The maximum absolute atomic E-state index is 12.3. The van der Waals surface area contributed by atoms with Crippen molar-refractivity contribution in [2.75, 3.05) is 0 Å². The van der Waals surface area contributed by atoms with Gasteiger partial charge < -0.3 is 27.8 Å². The van der Waals surface area contributed by atoms with E-state index in [1.165, 1.54) is 24.8 Å². The summed E-state index contributed by atoms with van der Waals surface area (Å²) in [6, 6.07) is 5.98. The number of carbonyl (C=O) groups is 1. The molecule has 0 bridgehead atoms. The molecule has 0 N–H and O–H groups in total. The third kappa shape index (κ3) is 8.38. The monoisotopic (exact) mass is 802 g/mol. The predicted molar refractivity (Wildman–Crippen MR) is 221 cm³/mol. The highest BCUT2D eigenvalue weighted by Crippen LogP contribution is 2.66. The van der Waals surface area contributed by atoms with Gasteiger partial charge in [0, 0.05) is 24.2 Å². The van der Waals surface area contributed by atoms with Crippen molar-refractivity contribution in [1.29, 1.82) is 0 Å². The van der Waals surface area contributed by atoms with Crippen LogP contribution in [0.5, 0.6) is 0 Å². The van der Waals surface area contributed by atoms with Gasteiger partial charge in [-0.2, -0.15) is 0 Å². The minimum Gasteiger partial charge on any atom is -0.411 e. The van der Waals surface area contributed by atoms with E-state index < -0.39 is 41.4 Å². The van der Waals surface area contributed by atoms with Gasteiger partial charge in [0.05, 0.1) is 42.7 Å². The van der Waals surface area contributed by atoms with Gasteiger partial charge in [-0.25, -0.2) is 0 Å². The van der Waals surface area contributed by atoms with Crippen molar-refractivity contribution in [2.24, 2.45) is 33.7 Å². The quantitative estimate of drug-likeness (QED) is 0.0699. The van der Waals surface area contributed by atoms with E-state index in [4.69, 9.17) is 27.8 Å². The first kappa shape index (κ1) is 43.5. The van der Waals surface area contributed by atoms with Crippen LogP contribution >= 0.6 is 0 Å². The average Bonchev–Trinajstić information content (AvgIpc) is 3.51. The normalized spacial score (nSPS) is 42.1. The van der Waals surface area contributed by atoms with Gasteiger partial charge in [-0.15, -0.1) is 0 Å². The van der Waals surface area contributed by atoms with Crippen molar-refractivity contribution in [3.63, 3.8) is 0 Å². The first-order valence-corrected chi connectivity index (χ1v) is 27.6. The molecule has 55 heavy (non-hydrogen) atoms. The van der Waals surface area contributed by atoms with Crippen LogP contribution in [0.2, 0.25) is 36.3 Å². The molecule has 0 aromatic carbocycles. The Kier molecular flexibility index (Phi) is 13.9. The van der Waals surface area contributed by atoms with Crippen LogP contribution in [0.15, 0.2) is 16.8 Å². The fraction of sp³-hybridized carbons (Fsp3) is 0.930. The molecule has 2 saturated heterocycles. The van der Waals surface area contributed by atoms with Crippen LogP contribution in [-0.4, -0.2) is 77.7 Å². The number of ether oxygens (including phenoxy) is 4. The van der Waals surface area contributed by atoms with Crippen LogP contribution in [0.1, 0.15) is 133 Å². The summed E-state index contributed by atoms with van der Waals surface area (Å²) in [5.41, 5.74) is 11.4. The predicted octanol–water partition coefficient (Wildman–Crippen LogP) is 11.0. The van der Waals surface area contributed by atoms with Gasteiger partial charge in [-0.05, 0) is 135 Å². The molecule has 4 aliphatic carbocycles. The minimum absolute atomic E-state index is 0.0820. The molecule has 14 atom stereocenters. The van der Waals surface area contributed by atoms with Crippen LogP contribution in [0.4, 0.5) is 0 Å². The Hall–Kier alpha value is -1.09. The van der Waals surface area contributed by atoms with E-state index in [0.29, 0.717) is 42.8 Å². The van der Waals surface area contributed by atoms with Crippen LogP contribution in [0.3, 0.4) is 0 Å². The lowest BCUT2D eigenvalue weighted by molar-refractivity contribution is -0.302. The van der Waals surface area contributed by atoms with Crippen LogP contribution in [0, 0.1) is 28.6 Å². The minimum atomic E-state index is -1.97. The van der Waals surface area contributed by atoms with Crippen LogP contribution in [-0.2, 0) is 32.6 Å². The summed E-state index contributed by atoms with van der Waals surface area (Å²) < 4.78 is 41.5. The van der Waals surface area contributed by atoms with Crippen LogP contribution < -0.4 is 0 Å². The Morgan fingerprint density at radius 3 is 2.04 bits per heavy atom. The molecule has 6 rings (SSSR count). The molecule has 0 spiro atoms. The first-order chi connectivity index (χ1) is 26.3. The highest BCUT2D eigenvalue weighted by molar-refractivity contribution is 6.74. The van der Waals surface area contributed by atoms with E-state index >= 15 is 0 Å². The molecular formula is C43H75N3O7Si2. The van der Waals surface area contributed by atoms with Gasteiger partial charge in [-0.3, -0.25) is 4.79 Å². The molecule has 2 aliphatic heterocycles. The molecule has 0 aromatic heterocycles. The fourth-order valence-corrected chi connectivity index (χ4v) is 18.4. The van der Waals surface area contributed by atoms with Crippen molar-refractivity contribution in [3.05, 3.63) is 22.1 Å². The van der Waals surface area contributed by atoms with E-state index in [1.807, 2.05) is 13.0 Å². The molecule has 0 amide bonds. The van der Waals surface area contributed by atoms with Gasteiger partial charge in [-0.1, -0.05) is 66.1 Å². The van der Waals surface area contributed by atoms with E-state index in [-0.39, 0.29) is 41.3 Å². The molecule has 10 nitrogen and oxygen atoms in total. The standard InChI is InChI=1S/C43H75N3O7Si2/c1-11-54(12-2,13-3)52-36-27-39(49-29(8)41(36)53-55(14-4,15-5)16-6)51-40-28(7)48-38(26-35(40)45-46-44)50-37-20-19-33-32-18-17-30-25-31(47)21-23-42(30,9)34(32)22-24-43(33,37)10/h25,28-29,32-41H,11-24,26-27H2,1-10H3/t28-,29-,32-,33-,34-,35+,36-,37-,38-,39-,40-,41+,42-,43-/m0/s1. The Labute approximate surface area is 334 Å². The lowest BCUT2D eigenvalue weighted by Crippen LogP contribution is -2.59. The molecule has 5 fully saturated rings. The Morgan fingerprint density at radius 1 is 0.782 bits per heavy atom. The molecule has 6 aliphatic rings. The van der Waals surface area contributed by atoms with Crippen molar-refractivity contribution >= 4 is 22.4 Å². The van der Waals surface area contributed by atoms with Crippen LogP contribution in [0.25, 0.3) is 10.4 Å². The summed E-state index contributed by atoms with van der Waals surface area (Å²) in [5.74, 6) is 2.24. The number of nitrogens with zero attached hydrogens (tertiary/aromatic N) is 3. The highest BCUT2D eigenvalue weighted by atomic mass is 28.4. The molecule has 0 aromatic rings. The van der Waals surface area contributed by atoms with E-state index in [0.717, 1.165) is 61.9 Å². The zero-order valence-corrected chi connectivity index (χ0v) is 38.0. The largest absolute Gasteiger partial charge is 0.411 e. The third-order valence-corrected chi connectivity index (χ3v) is 25.9. The molecule has 0 radical (unpaired) electrons. The van der Waals surface area contributed by atoms with Crippen molar-refractivity contribution in [1.82, 2.24) is 0 Å². The summed E-state index contributed by atoms with van der Waals surface area (Å²) in [6.07, 6.45) is 9.31. The number of fused-ring (bicyclic) bond motifs is 5. The molecule has 0 unspecified atom stereocenters. The second-order valence-corrected chi connectivity index (χ2v) is 28.3. The van der Waals surface area contributed by atoms with Crippen molar-refractivity contribution < 1.29 is 32.6 Å². The summed E-state index contributed by atoms with van der Waals surface area (Å²) >= 11 is 0. The van der Waals surface area contributed by atoms with Gasteiger partial charge in [0.1, 0.15) is 0 Å². The van der Waals surface area contributed by atoms with E-state index in [2.05, 4.69) is 72.3 Å². The molecular weight excluding hydrogens is 727 g/mol. The third-order valence-electron chi connectivity index (χ3n) is 16.6. The number of azide groups is 1. The van der Waals surface area contributed by atoms with Gasteiger partial charge in [0.15, 0.2) is 35.0 Å². The van der Waals surface area contributed by atoms with E-state index in [9.17, 15) is 10.3 Å². The van der Waals surface area contributed by atoms with Gasteiger partial charge >= 0.3 is 0 Å². The number of hydrogen-bond acceptors (Lipinski definition) is 8. The summed E-state index contributed by atoms with van der Waals surface area (Å²) in [7, 11) is -3.91. The second-order valence-electron chi connectivity index (χ2n) is 18.8. The topological polar surface area (TPSA) is 121 Å². The Balaban J connectivity index is 1.13. The zero-order chi connectivity index (χ0) is 39.8. The number of allylic oxidation sites excluding steroid dienone is 1. The maximum atomic E-state index is 12.3. The van der Waals surface area contributed by atoms with Gasteiger partial charge in [0.25, 0.3) is 0 Å². The fourth-order valence-electron chi connectivity index (χ4n) is 12.6. The molecule has 2 heterocycles. The Bertz CT molecular complexity index is 1400. The lowest BCUT2D eigenvalue weighted by Gasteiger charge is -2.58. The zero-order valence-electron chi connectivity index (χ0n) is 36.0. The molecule has 12 heteroatoms. The summed E-state index contributed by atoms with van der Waals surface area (Å²) in [5, 5.41) is 4.31. The average molecular weight is 802 g/mol. The smallest absolute Gasteiger partial charge is 0.192 e. The molecule has 3 saturated carbocycles. The van der Waals surface area contributed by atoms with Gasteiger partial charge in [0.2, 0.25) is 0 Å². The number of hydrogen-bond donors (Lipinski definition) is 0. The summed E-state index contributed by atoms with van der Waals surface area (Å²) in [6.45, 7) is 22.7. The lowest BCUT2D eigenvalue weighted by atomic mass is 9.47. The van der Waals surface area contributed by atoms with Crippen molar-refractivity contribution in [3.8, 4) is 0 Å². The number of carbonyl (C=O) groups excluding carboxylic acids is 1. The van der Waals surface area contributed by atoms with E-state index in [1.54, 1.807) is 0 Å². The summed E-state index contributed by atoms with van der Waals surface area (Å²) in [4.78, 5) is 15.6. The number of ketones is 1. The highest BCUT2D eigenvalue weighted by Gasteiger charge is 2.60.